The van der Waals surface area contributed by atoms with Gasteiger partial charge in [-0.25, -0.2) is 0 Å². The van der Waals surface area contributed by atoms with Crippen molar-refractivity contribution in [2.45, 2.75) is 86.0 Å². The average molecular weight is 212 g/mol. The van der Waals surface area contributed by atoms with Gasteiger partial charge in [-0.1, -0.05) is 79.6 Å². The summed E-state index contributed by atoms with van der Waals surface area (Å²) >= 11 is 0. The maximum atomic E-state index is 2.37. The van der Waals surface area contributed by atoms with Crippen LogP contribution < -0.4 is 0 Å². The molecule has 0 radical (unpaired) electrons. The molecule has 92 valence electrons. The SMILES string of the molecule is CCC(CC)CCCC(CC)(CC)CC. The van der Waals surface area contributed by atoms with E-state index in [4.69, 9.17) is 0 Å². The Labute approximate surface area is 97.8 Å². The Morgan fingerprint density at radius 1 is 0.800 bits per heavy atom. The predicted octanol–water partition coefficient (Wildman–Crippen LogP) is 5.81. The molecule has 0 bridgehead atoms. The van der Waals surface area contributed by atoms with E-state index in [9.17, 15) is 0 Å². The lowest BCUT2D eigenvalue weighted by molar-refractivity contribution is 0.214. The van der Waals surface area contributed by atoms with Gasteiger partial charge in [0.25, 0.3) is 0 Å². The number of hydrogen-bond acceptors (Lipinski definition) is 0. The van der Waals surface area contributed by atoms with E-state index in [1.807, 2.05) is 0 Å². The molecule has 0 saturated carbocycles. The Hall–Kier alpha value is 0. The Morgan fingerprint density at radius 3 is 1.60 bits per heavy atom. The fourth-order valence-corrected chi connectivity index (χ4v) is 2.74. The van der Waals surface area contributed by atoms with Crippen molar-refractivity contribution >= 4 is 0 Å². The molecule has 15 heavy (non-hydrogen) atoms. The molecule has 0 aromatic heterocycles. The van der Waals surface area contributed by atoms with Crippen LogP contribution in [0.1, 0.15) is 86.0 Å². The van der Waals surface area contributed by atoms with Gasteiger partial charge >= 0.3 is 0 Å². The van der Waals surface area contributed by atoms with E-state index in [0.29, 0.717) is 5.41 Å². The quantitative estimate of drug-likeness (QED) is 0.452. The molecule has 0 amide bonds. The predicted molar refractivity (Wildman–Crippen MR) is 71.2 cm³/mol. The molecule has 0 aliphatic heterocycles. The second-order valence-corrected chi connectivity index (χ2v) is 5.14. The second kappa shape index (κ2) is 8.19. The van der Waals surface area contributed by atoms with Gasteiger partial charge in [-0.15, -0.1) is 0 Å². The first kappa shape index (κ1) is 15.0. The molecule has 0 heterocycles. The van der Waals surface area contributed by atoms with Gasteiger partial charge in [-0.2, -0.15) is 0 Å². The summed E-state index contributed by atoms with van der Waals surface area (Å²) in [5, 5.41) is 0. The van der Waals surface area contributed by atoms with E-state index < -0.39 is 0 Å². The molecule has 0 heteroatoms. The van der Waals surface area contributed by atoms with Crippen molar-refractivity contribution in [1.29, 1.82) is 0 Å². The third kappa shape index (κ3) is 5.04. The van der Waals surface area contributed by atoms with Crippen molar-refractivity contribution in [2.24, 2.45) is 11.3 Å². The fourth-order valence-electron chi connectivity index (χ4n) is 2.74. The van der Waals surface area contributed by atoms with Crippen LogP contribution in [0.4, 0.5) is 0 Å². The Balaban J connectivity index is 3.89. The van der Waals surface area contributed by atoms with E-state index in [1.165, 1.54) is 51.4 Å². The van der Waals surface area contributed by atoms with Crippen LogP contribution in [0.15, 0.2) is 0 Å². The molecule has 0 nitrogen and oxygen atoms in total. The molecule has 0 aromatic carbocycles. The van der Waals surface area contributed by atoms with Crippen LogP contribution in [0.5, 0.6) is 0 Å². The first-order chi connectivity index (χ1) is 7.17. The average Bonchev–Trinajstić information content (AvgIpc) is 2.31. The summed E-state index contributed by atoms with van der Waals surface area (Å²) in [7, 11) is 0. The summed E-state index contributed by atoms with van der Waals surface area (Å²) in [4.78, 5) is 0. The number of hydrogen-bond donors (Lipinski definition) is 0. The van der Waals surface area contributed by atoms with Gasteiger partial charge in [0.15, 0.2) is 0 Å². The normalized spacial score (nSPS) is 12.4. The third-order valence-electron chi connectivity index (χ3n) is 4.72. The Morgan fingerprint density at radius 2 is 1.27 bits per heavy atom. The summed E-state index contributed by atoms with van der Waals surface area (Å²) in [6.45, 7) is 11.8. The Kier molecular flexibility index (Phi) is 8.19. The number of rotatable bonds is 9. The third-order valence-corrected chi connectivity index (χ3v) is 4.72. The van der Waals surface area contributed by atoms with Crippen LogP contribution in [0.25, 0.3) is 0 Å². The van der Waals surface area contributed by atoms with Gasteiger partial charge in [0.05, 0.1) is 0 Å². The highest BCUT2D eigenvalue weighted by Gasteiger charge is 2.23. The summed E-state index contributed by atoms with van der Waals surface area (Å²) in [5.74, 6) is 0.980. The zero-order chi connectivity index (χ0) is 11.7. The highest BCUT2D eigenvalue weighted by molar-refractivity contribution is 4.75. The van der Waals surface area contributed by atoms with Gasteiger partial charge in [-0.3, -0.25) is 0 Å². The molecule has 0 saturated heterocycles. The van der Waals surface area contributed by atoms with Crippen LogP contribution in [0, 0.1) is 11.3 Å². The second-order valence-electron chi connectivity index (χ2n) is 5.14. The van der Waals surface area contributed by atoms with Crippen molar-refractivity contribution < 1.29 is 0 Å². The summed E-state index contributed by atoms with van der Waals surface area (Å²) in [6, 6.07) is 0. The van der Waals surface area contributed by atoms with Crippen molar-refractivity contribution in [3.63, 3.8) is 0 Å². The highest BCUT2D eigenvalue weighted by atomic mass is 14.3. The minimum absolute atomic E-state index is 0.659. The monoisotopic (exact) mass is 212 g/mol. The lowest BCUT2D eigenvalue weighted by Gasteiger charge is -2.31. The van der Waals surface area contributed by atoms with Crippen LogP contribution in [0.2, 0.25) is 0 Å². The molecule has 0 atom stereocenters. The maximum absolute atomic E-state index is 2.37. The minimum Gasteiger partial charge on any atom is -0.0651 e. The van der Waals surface area contributed by atoms with Gasteiger partial charge < -0.3 is 0 Å². The van der Waals surface area contributed by atoms with Crippen LogP contribution in [-0.2, 0) is 0 Å². The summed E-state index contributed by atoms with van der Waals surface area (Å²) in [6.07, 6.45) is 11.2. The molecule has 0 aromatic rings. The summed E-state index contributed by atoms with van der Waals surface area (Å²) < 4.78 is 0. The lowest BCUT2D eigenvalue weighted by atomic mass is 9.75. The van der Waals surface area contributed by atoms with E-state index in [-0.39, 0.29) is 0 Å². The zero-order valence-electron chi connectivity index (χ0n) is 11.7. The van der Waals surface area contributed by atoms with Crippen LogP contribution in [-0.4, -0.2) is 0 Å². The maximum Gasteiger partial charge on any atom is -0.0305 e. The molecular formula is C15H32. The molecule has 0 N–H and O–H groups in total. The van der Waals surface area contributed by atoms with Crippen molar-refractivity contribution in [1.82, 2.24) is 0 Å². The molecule has 0 aliphatic rings. The largest absolute Gasteiger partial charge is 0.0651 e. The summed E-state index contributed by atoms with van der Waals surface area (Å²) in [5.41, 5.74) is 0.659. The molecule has 0 fully saturated rings. The zero-order valence-corrected chi connectivity index (χ0v) is 11.7. The molecular weight excluding hydrogens is 180 g/mol. The molecule has 0 unspecified atom stereocenters. The van der Waals surface area contributed by atoms with Crippen molar-refractivity contribution in [3.8, 4) is 0 Å². The first-order valence-corrected chi connectivity index (χ1v) is 7.17. The van der Waals surface area contributed by atoms with E-state index in [1.54, 1.807) is 0 Å². The van der Waals surface area contributed by atoms with Crippen LogP contribution >= 0.6 is 0 Å². The molecule has 0 spiro atoms. The van der Waals surface area contributed by atoms with Gasteiger partial charge in [0.1, 0.15) is 0 Å². The van der Waals surface area contributed by atoms with E-state index >= 15 is 0 Å². The molecule has 0 rings (SSSR count). The van der Waals surface area contributed by atoms with Gasteiger partial charge in [0.2, 0.25) is 0 Å². The minimum atomic E-state index is 0.659. The smallest absolute Gasteiger partial charge is 0.0305 e. The fraction of sp³-hybridized carbons (Fsp3) is 1.00. The topological polar surface area (TPSA) is 0 Å². The van der Waals surface area contributed by atoms with E-state index in [2.05, 4.69) is 34.6 Å². The highest BCUT2D eigenvalue weighted by Crippen LogP contribution is 2.36. The molecule has 0 aliphatic carbocycles. The van der Waals surface area contributed by atoms with Gasteiger partial charge in [0, 0.05) is 0 Å². The lowest BCUT2D eigenvalue weighted by Crippen LogP contribution is -2.17. The Bertz CT molecular complexity index is 121. The van der Waals surface area contributed by atoms with Crippen molar-refractivity contribution in [2.75, 3.05) is 0 Å². The van der Waals surface area contributed by atoms with E-state index in [0.717, 1.165) is 5.92 Å². The van der Waals surface area contributed by atoms with Gasteiger partial charge in [-0.05, 0) is 17.8 Å². The van der Waals surface area contributed by atoms with Crippen LogP contribution in [0.3, 0.4) is 0 Å². The van der Waals surface area contributed by atoms with Crippen molar-refractivity contribution in [3.05, 3.63) is 0 Å². The first-order valence-electron chi connectivity index (χ1n) is 7.17. The standard InChI is InChI=1S/C15H32/c1-6-14(7-2)12-11-13-15(8-3,9-4)10-5/h14H,6-13H2,1-5H3.